The maximum Gasteiger partial charge on any atom is 0.311 e. The molecule has 0 aliphatic heterocycles. The fraction of sp³-hybridized carbons (Fsp3) is 0.368. The summed E-state index contributed by atoms with van der Waals surface area (Å²) in [5.74, 6) is -0.368. The standard InChI is InChI=1S/C19H21FN4O3/c1-10-6-7-14(8-16(10)20)18-21-19(27-23-18)13(4)26-17(25)9-15-11(2)22-24(5)12(15)3/h6-8,13H,9H2,1-5H3. The highest BCUT2D eigenvalue weighted by Gasteiger charge is 2.21. The van der Waals surface area contributed by atoms with E-state index < -0.39 is 12.1 Å². The Kier molecular flexibility index (Phi) is 5.07. The third-order valence-electron chi connectivity index (χ3n) is 4.51. The fourth-order valence-electron chi connectivity index (χ4n) is 2.76. The summed E-state index contributed by atoms with van der Waals surface area (Å²) in [4.78, 5) is 16.5. The van der Waals surface area contributed by atoms with Gasteiger partial charge in [0.2, 0.25) is 5.82 Å². The first-order valence-electron chi connectivity index (χ1n) is 8.55. The van der Waals surface area contributed by atoms with Crippen LogP contribution in [0, 0.1) is 26.6 Å². The van der Waals surface area contributed by atoms with E-state index in [4.69, 9.17) is 9.26 Å². The van der Waals surface area contributed by atoms with E-state index in [1.165, 1.54) is 6.07 Å². The second-order valence-corrected chi connectivity index (χ2v) is 6.50. The van der Waals surface area contributed by atoms with Crippen LogP contribution in [0.4, 0.5) is 4.39 Å². The first-order chi connectivity index (χ1) is 12.8. The van der Waals surface area contributed by atoms with Crippen molar-refractivity contribution >= 4 is 5.97 Å². The summed E-state index contributed by atoms with van der Waals surface area (Å²) in [6.07, 6.45) is -0.605. The molecule has 2 aromatic heterocycles. The molecule has 0 N–H and O–H groups in total. The quantitative estimate of drug-likeness (QED) is 0.639. The highest BCUT2D eigenvalue weighted by molar-refractivity contribution is 5.73. The minimum atomic E-state index is -0.716. The molecule has 0 radical (unpaired) electrons. The third kappa shape index (κ3) is 3.89. The van der Waals surface area contributed by atoms with Gasteiger partial charge in [-0.2, -0.15) is 10.1 Å². The molecule has 0 amide bonds. The van der Waals surface area contributed by atoms with Gasteiger partial charge in [-0.3, -0.25) is 9.48 Å². The Morgan fingerprint density at radius 2 is 2.07 bits per heavy atom. The van der Waals surface area contributed by atoms with Crippen LogP contribution in [0.3, 0.4) is 0 Å². The van der Waals surface area contributed by atoms with Gasteiger partial charge in [0.1, 0.15) is 5.82 Å². The number of hydrogen-bond donors (Lipinski definition) is 0. The predicted octanol–water partition coefficient (Wildman–Crippen LogP) is 3.38. The highest BCUT2D eigenvalue weighted by atomic mass is 19.1. The van der Waals surface area contributed by atoms with Crippen molar-refractivity contribution in [3.63, 3.8) is 0 Å². The molecular formula is C19H21FN4O3. The Morgan fingerprint density at radius 3 is 2.70 bits per heavy atom. The molecule has 0 bridgehead atoms. The number of aryl methyl sites for hydroxylation is 3. The van der Waals surface area contributed by atoms with E-state index >= 15 is 0 Å². The van der Waals surface area contributed by atoms with Crippen LogP contribution in [-0.2, 0) is 23.0 Å². The molecule has 3 rings (SSSR count). The highest BCUT2D eigenvalue weighted by Crippen LogP contribution is 2.23. The minimum Gasteiger partial charge on any atom is -0.452 e. The van der Waals surface area contributed by atoms with E-state index in [-0.39, 0.29) is 24.0 Å². The number of benzene rings is 1. The van der Waals surface area contributed by atoms with Crippen molar-refractivity contribution in [3.05, 3.63) is 52.4 Å². The summed E-state index contributed by atoms with van der Waals surface area (Å²) < 4.78 is 26.0. The zero-order chi connectivity index (χ0) is 19.7. The number of rotatable bonds is 5. The average Bonchev–Trinajstić information content (AvgIpc) is 3.19. The van der Waals surface area contributed by atoms with Crippen molar-refractivity contribution in [1.82, 2.24) is 19.9 Å². The van der Waals surface area contributed by atoms with Gasteiger partial charge in [0, 0.05) is 23.9 Å². The molecule has 1 aromatic carbocycles. The Morgan fingerprint density at radius 1 is 1.33 bits per heavy atom. The smallest absolute Gasteiger partial charge is 0.311 e. The molecule has 27 heavy (non-hydrogen) atoms. The largest absolute Gasteiger partial charge is 0.452 e. The number of hydrogen-bond acceptors (Lipinski definition) is 6. The number of carbonyl (C=O) groups excluding carboxylic acids is 1. The van der Waals surface area contributed by atoms with Gasteiger partial charge < -0.3 is 9.26 Å². The van der Waals surface area contributed by atoms with Crippen LogP contribution >= 0.6 is 0 Å². The first kappa shape index (κ1) is 18.8. The summed E-state index contributed by atoms with van der Waals surface area (Å²) in [6, 6.07) is 4.69. The van der Waals surface area contributed by atoms with Gasteiger partial charge in [-0.05, 0) is 39.3 Å². The minimum absolute atomic E-state index is 0.111. The molecule has 0 spiro atoms. The maximum atomic E-state index is 13.7. The Balaban J connectivity index is 1.69. The molecule has 0 saturated heterocycles. The van der Waals surface area contributed by atoms with Gasteiger partial charge >= 0.3 is 5.97 Å². The molecule has 0 aliphatic carbocycles. The van der Waals surface area contributed by atoms with Crippen molar-refractivity contribution in [2.45, 2.75) is 40.2 Å². The van der Waals surface area contributed by atoms with Crippen molar-refractivity contribution in [1.29, 1.82) is 0 Å². The van der Waals surface area contributed by atoms with Crippen molar-refractivity contribution in [2.75, 3.05) is 0 Å². The van der Waals surface area contributed by atoms with Crippen LogP contribution in [0.15, 0.2) is 22.7 Å². The van der Waals surface area contributed by atoms with E-state index in [1.807, 2.05) is 20.9 Å². The third-order valence-corrected chi connectivity index (χ3v) is 4.51. The van der Waals surface area contributed by atoms with Gasteiger partial charge in [0.25, 0.3) is 5.89 Å². The topological polar surface area (TPSA) is 83.0 Å². The maximum absolute atomic E-state index is 13.7. The molecule has 0 fully saturated rings. The molecule has 3 aromatic rings. The zero-order valence-corrected chi connectivity index (χ0v) is 15.9. The summed E-state index contributed by atoms with van der Waals surface area (Å²) in [7, 11) is 1.83. The fourth-order valence-corrected chi connectivity index (χ4v) is 2.76. The molecule has 1 unspecified atom stereocenters. The number of carbonyl (C=O) groups is 1. The summed E-state index contributed by atoms with van der Waals surface area (Å²) >= 11 is 0. The van der Waals surface area contributed by atoms with Gasteiger partial charge in [-0.25, -0.2) is 4.39 Å². The van der Waals surface area contributed by atoms with Crippen LogP contribution in [0.2, 0.25) is 0 Å². The lowest BCUT2D eigenvalue weighted by Gasteiger charge is -2.09. The van der Waals surface area contributed by atoms with E-state index in [0.717, 1.165) is 17.0 Å². The molecular weight excluding hydrogens is 351 g/mol. The number of halogens is 1. The molecule has 142 valence electrons. The second kappa shape index (κ2) is 7.30. The lowest BCUT2D eigenvalue weighted by Crippen LogP contribution is -2.12. The summed E-state index contributed by atoms with van der Waals surface area (Å²) in [5.41, 5.74) is 3.58. The number of esters is 1. The van der Waals surface area contributed by atoms with Crippen LogP contribution in [0.5, 0.6) is 0 Å². The average molecular weight is 372 g/mol. The van der Waals surface area contributed by atoms with Gasteiger partial charge in [-0.15, -0.1) is 0 Å². The van der Waals surface area contributed by atoms with Crippen molar-refractivity contribution < 1.29 is 18.4 Å². The summed E-state index contributed by atoms with van der Waals surface area (Å²) in [6.45, 7) is 7.07. The van der Waals surface area contributed by atoms with Gasteiger partial charge in [0.15, 0.2) is 6.10 Å². The lowest BCUT2D eigenvalue weighted by molar-refractivity contribution is -0.148. The normalized spacial score (nSPS) is 12.2. The molecule has 0 aliphatic rings. The second-order valence-electron chi connectivity index (χ2n) is 6.50. The first-order valence-corrected chi connectivity index (χ1v) is 8.55. The lowest BCUT2D eigenvalue weighted by atomic mass is 10.1. The monoisotopic (exact) mass is 372 g/mol. The SMILES string of the molecule is Cc1ccc(-c2noc(C(C)OC(=O)Cc3c(C)nn(C)c3C)n2)cc1F. The van der Waals surface area contributed by atoms with E-state index in [2.05, 4.69) is 15.2 Å². The van der Waals surface area contributed by atoms with E-state index in [1.54, 1.807) is 30.7 Å². The predicted molar refractivity (Wildman–Crippen MR) is 95.3 cm³/mol. The van der Waals surface area contributed by atoms with Crippen molar-refractivity contribution in [2.24, 2.45) is 7.05 Å². The van der Waals surface area contributed by atoms with Crippen molar-refractivity contribution in [3.8, 4) is 11.4 Å². The van der Waals surface area contributed by atoms with Crippen LogP contribution in [0.1, 0.15) is 41.4 Å². The Labute approximate surface area is 156 Å². The van der Waals surface area contributed by atoms with Crippen LogP contribution < -0.4 is 0 Å². The van der Waals surface area contributed by atoms with Crippen LogP contribution in [0.25, 0.3) is 11.4 Å². The number of aromatic nitrogens is 4. The van der Waals surface area contributed by atoms with Crippen LogP contribution in [-0.4, -0.2) is 25.9 Å². The Hall–Kier alpha value is -3.03. The molecule has 8 heteroatoms. The molecule has 0 saturated carbocycles. The van der Waals surface area contributed by atoms with E-state index in [9.17, 15) is 9.18 Å². The number of ether oxygens (including phenoxy) is 1. The summed E-state index contributed by atoms with van der Waals surface area (Å²) in [5, 5.41) is 8.13. The number of nitrogens with zero attached hydrogens (tertiary/aromatic N) is 4. The zero-order valence-electron chi connectivity index (χ0n) is 15.9. The molecule has 7 nitrogen and oxygen atoms in total. The Bertz CT molecular complexity index is 993. The molecule has 1 atom stereocenters. The van der Waals surface area contributed by atoms with E-state index in [0.29, 0.717) is 11.1 Å². The van der Waals surface area contributed by atoms with Gasteiger partial charge in [-0.1, -0.05) is 17.3 Å². The van der Waals surface area contributed by atoms with Gasteiger partial charge in [0.05, 0.1) is 12.1 Å². The molecule has 2 heterocycles.